The minimum atomic E-state index is -1.93. The van der Waals surface area contributed by atoms with Gasteiger partial charge in [0, 0.05) is 32.1 Å². The van der Waals surface area contributed by atoms with Gasteiger partial charge < -0.3 is 19.4 Å². The number of nitrogens with one attached hydrogen (secondary N) is 1. The Balaban J connectivity index is 2.05. The molecule has 1 aromatic carbocycles. The first-order valence-corrected chi connectivity index (χ1v) is 13.6. The molecule has 1 saturated heterocycles. The van der Waals surface area contributed by atoms with Gasteiger partial charge in [0.15, 0.2) is 8.32 Å². The highest BCUT2D eigenvalue weighted by molar-refractivity contribution is 6.74. The van der Waals surface area contributed by atoms with E-state index in [9.17, 15) is 4.79 Å². The van der Waals surface area contributed by atoms with Crippen LogP contribution in [0.25, 0.3) is 0 Å². The van der Waals surface area contributed by atoms with Gasteiger partial charge in [-0.2, -0.15) is 0 Å². The molecule has 6 heteroatoms. The normalized spacial score (nSPS) is 20.8. The third-order valence-electron chi connectivity index (χ3n) is 5.86. The van der Waals surface area contributed by atoms with E-state index in [1.807, 2.05) is 31.7 Å². The van der Waals surface area contributed by atoms with Crippen molar-refractivity contribution in [2.75, 3.05) is 19.6 Å². The molecule has 1 amide bonds. The van der Waals surface area contributed by atoms with Crippen LogP contribution in [0.1, 0.15) is 47.1 Å². The van der Waals surface area contributed by atoms with Crippen molar-refractivity contribution < 1.29 is 14.0 Å². The number of rotatable bonds is 6. The van der Waals surface area contributed by atoms with Crippen LogP contribution in [-0.4, -0.2) is 50.6 Å². The second kappa shape index (κ2) is 9.19. The fraction of sp³-hybridized carbons (Fsp3) is 0.696. The Morgan fingerprint density at radius 3 is 2.28 bits per heavy atom. The van der Waals surface area contributed by atoms with Gasteiger partial charge in [-0.15, -0.1) is 0 Å². The van der Waals surface area contributed by atoms with Crippen LogP contribution < -0.4 is 5.32 Å². The molecule has 0 saturated carbocycles. The Bertz CT molecular complexity index is 665. The summed E-state index contributed by atoms with van der Waals surface area (Å²) in [7, 11) is -1.93. The monoisotopic (exact) mass is 420 g/mol. The zero-order chi connectivity index (χ0) is 21.9. The first kappa shape index (κ1) is 23.9. The minimum Gasteiger partial charge on any atom is -0.444 e. The van der Waals surface area contributed by atoms with E-state index < -0.39 is 13.9 Å². The van der Waals surface area contributed by atoms with Crippen LogP contribution in [0.15, 0.2) is 30.3 Å². The van der Waals surface area contributed by atoms with E-state index in [2.05, 4.69) is 63.4 Å². The largest absolute Gasteiger partial charge is 0.444 e. The summed E-state index contributed by atoms with van der Waals surface area (Å²) in [4.78, 5) is 14.5. The standard InChI is InChI=1S/C23H40N2O3Si/c1-22(2,3)27-21(26)25-16-19(15-24-14-18-12-10-9-11-13-18)20(17-25)28-29(7,8)23(4,5)6/h9-13,19-20,24H,14-17H2,1-8H3. The maximum absolute atomic E-state index is 12.6. The van der Waals surface area contributed by atoms with Crippen molar-refractivity contribution in [1.29, 1.82) is 0 Å². The van der Waals surface area contributed by atoms with Crippen molar-refractivity contribution in [2.45, 2.75) is 77.9 Å². The van der Waals surface area contributed by atoms with Crippen LogP contribution in [0.4, 0.5) is 4.79 Å². The SMILES string of the molecule is CC(C)(C)OC(=O)N1CC(CNCc2ccccc2)C(O[Si](C)(C)C(C)(C)C)C1. The van der Waals surface area contributed by atoms with E-state index in [0.717, 1.165) is 13.1 Å². The molecule has 5 nitrogen and oxygen atoms in total. The number of likely N-dealkylation sites (tertiary alicyclic amines) is 1. The van der Waals surface area contributed by atoms with Gasteiger partial charge in [-0.05, 0) is 44.5 Å². The fourth-order valence-corrected chi connectivity index (χ4v) is 4.58. The molecule has 29 heavy (non-hydrogen) atoms. The number of amides is 1. The van der Waals surface area contributed by atoms with Crippen molar-refractivity contribution in [3.8, 4) is 0 Å². The number of carbonyl (C=O) groups excluding carboxylic acids is 1. The third kappa shape index (κ3) is 7.12. The fourth-order valence-electron chi connectivity index (χ4n) is 3.20. The van der Waals surface area contributed by atoms with Crippen molar-refractivity contribution in [1.82, 2.24) is 10.2 Å². The number of carbonyl (C=O) groups is 1. The average molecular weight is 421 g/mol. The molecule has 1 fully saturated rings. The second-order valence-electron chi connectivity index (χ2n) is 10.7. The number of nitrogens with zero attached hydrogens (tertiary/aromatic N) is 1. The van der Waals surface area contributed by atoms with Gasteiger partial charge in [0.05, 0.1) is 6.10 Å². The molecule has 164 valence electrons. The van der Waals surface area contributed by atoms with Gasteiger partial charge in [-0.3, -0.25) is 0 Å². The van der Waals surface area contributed by atoms with Crippen LogP contribution >= 0.6 is 0 Å². The summed E-state index contributed by atoms with van der Waals surface area (Å²) in [6.45, 7) is 19.9. The van der Waals surface area contributed by atoms with Crippen LogP contribution in [0, 0.1) is 5.92 Å². The Morgan fingerprint density at radius 2 is 1.72 bits per heavy atom. The molecular weight excluding hydrogens is 380 g/mol. The lowest BCUT2D eigenvalue weighted by atomic mass is 10.1. The molecule has 0 bridgehead atoms. The molecule has 0 spiro atoms. The van der Waals surface area contributed by atoms with Crippen LogP contribution in [-0.2, 0) is 15.7 Å². The zero-order valence-corrected chi connectivity index (χ0v) is 20.5. The van der Waals surface area contributed by atoms with E-state index in [-0.39, 0.29) is 23.2 Å². The molecule has 1 heterocycles. The molecule has 2 rings (SSSR count). The van der Waals surface area contributed by atoms with Gasteiger partial charge in [0.2, 0.25) is 0 Å². The second-order valence-corrected chi connectivity index (χ2v) is 15.4. The Morgan fingerprint density at radius 1 is 1.10 bits per heavy atom. The smallest absolute Gasteiger partial charge is 0.410 e. The van der Waals surface area contributed by atoms with Crippen LogP contribution in [0.2, 0.25) is 18.1 Å². The highest BCUT2D eigenvalue weighted by atomic mass is 28.4. The topological polar surface area (TPSA) is 50.8 Å². The summed E-state index contributed by atoms with van der Waals surface area (Å²) in [5, 5.41) is 3.70. The zero-order valence-electron chi connectivity index (χ0n) is 19.5. The quantitative estimate of drug-likeness (QED) is 0.656. The lowest BCUT2D eigenvalue weighted by Crippen LogP contribution is -2.47. The van der Waals surface area contributed by atoms with Crippen molar-refractivity contribution in [3.63, 3.8) is 0 Å². The van der Waals surface area contributed by atoms with Crippen LogP contribution in [0.3, 0.4) is 0 Å². The summed E-state index contributed by atoms with van der Waals surface area (Å²) >= 11 is 0. The summed E-state index contributed by atoms with van der Waals surface area (Å²) < 4.78 is 12.4. The molecule has 1 aliphatic rings. The molecule has 2 unspecified atom stereocenters. The van der Waals surface area contributed by atoms with Crippen molar-refractivity contribution in [2.24, 2.45) is 5.92 Å². The predicted molar refractivity (Wildman–Crippen MR) is 122 cm³/mol. The van der Waals surface area contributed by atoms with Gasteiger partial charge in [0.1, 0.15) is 5.60 Å². The average Bonchev–Trinajstić information content (AvgIpc) is 2.96. The van der Waals surface area contributed by atoms with Crippen molar-refractivity contribution >= 4 is 14.4 Å². The summed E-state index contributed by atoms with van der Waals surface area (Å²) in [5.41, 5.74) is 0.771. The maximum atomic E-state index is 12.6. The lowest BCUT2D eigenvalue weighted by molar-refractivity contribution is 0.0272. The summed E-state index contributed by atoms with van der Waals surface area (Å²) in [6.07, 6.45) is -0.210. The molecule has 0 aromatic heterocycles. The number of benzene rings is 1. The molecule has 1 aromatic rings. The first-order chi connectivity index (χ1) is 13.3. The van der Waals surface area contributed by atoms with E-state index >= 15 is 0 Å². The van der Waals surface area contributed by atoms with Crippen LogP contribution in [0.5, 0.6) is 0 Å². The molecule has 1 N–H and O–H groups in total. The molecule has 1 aliphatic heterocycles. The Kier molecular flexibility index (Phi) is 7.57. The summed E-state index contributed by atoms with van der Waals surface area (Å²) in [6, 6.07) is 10.4. The van der Waals surface area contributed by atoms with E-state index in [1.54, 1.807) is 0 Å². The Labute approximate surface area is 178 Å². The minimum absolute atomic E-state index is 0.0340. The van der Waals surface area contributed by atoms with Gasteiger partial charge in [-0.25, -0.2) is 4.79 Å². The first-order valence-electron chi connectivity index (χ1n) is 10.7. The third-order valence-corrected chi connectivity index (χ3v) is 10.4. The van der Waals surface area contributed by atoms with E-state index in [4.69, 9.17) is 9.16 Å². The molecule has 2 atom stereocenters. The maximum Gasteiger partial charge on any atom is 0.410 e. The highest BCUT2D eigenvalue weighted by Gasteiger charge is 2.44. The highest BCUT2D eigenvalue weighted by Crippen LogP contribution is 2.39. The Hall–Kier alpha value is -1.37. The summed E-state index contributed by atoms with van der Waals surface area (Å²) in [5.74, 6) is 0.250. The number of hydrogen-bond acceptors (Lipinski definition) is 4. The lowest BCUT2D eigenvalue weighted by Gasteiger charge is -2.39. The predicted octanol–water partition coefficient (Wildman–Crippen LogP) is 5.03. The van der Waals surface area contributed by atoms with E-state index in [1.165, 1.54) is 5.56 Å². The van der Waals surface area contributed by atoms with Gasteiger partial charge >= 0.3 is 6.09 Å². The number of ether oxygens (including phenoxy) is 1. The van der Waals surface area contributed by atoms with Crippen molar-refractivity contribution in [3.05, 3.63) is 35.9 Å². The molecule has 0 radical (unpaired) electrons. The molecule has 0 aliphatic carbocycles. The van der Waals surface area contributed by atoms with Gasteiger partial charge in [-0.1, -0.05) is 51.1 Å². The van der Waals surface area contributed by atoms with Gasteiger partial charge in [0.25, 0.3) is 0 Å². The number of hydrogen-bond donors (Lipinski definition) is 1. The molecular formula is C23H40N2O3Si. The van der Waals surface area contributed by atoms with E-state index in [0.29, 0.717) is 13.1 Å².